The molecule has 0 saturated carbocycles. The Kier molecular flexibility index (Phi) is 7.68. The van der Waals surface area contributed by atoms with E-state index < -0.39 is 5.82 Å². The Morgan fingerprint density at radius 3 is 2.73 bits per heavy atom. The molecule has 0 atom stereocenters. The largest absolute Gasteiger partial charge is 0.504 e. The summed E-state index contributed by atoms with van der Waals surface area (Å²) in [6.07, 6.45) is 5.52. The minimum absolute atomic E-state index is 0.0155. The van der Waals surface area contributed by atoms with Gasteiger partial charge in [0.25, 0.3) is 0 Å². The lowest BCUT2D eigenvalue weighted by Crippen LogP contribution is -2.30. The highest BCUT2D eigenvalue weighted by atomic mass is 32.1. The summed E-state index contributed by atoms with van der Waals surface area (Å²) in [5, 5.41) is 6.49. The summed E-state index contributed by atoms with van der Waals surface area (Å²) < 4.78 is 26.8. The summed E-state index contributed by atoms with van der Waals surface area (Å²) in [4.78, 5) is 24.5. The molecule has 5 rings (SSSR count). The number of nitrogens with one attached hydrogen (secondary N) is 1. The molecular formula is C28H25FN4O3S. The van der Waals surface area contributed by atoms with Crippen molar-refractivity contribution in [2.45, 2.75) is 25.7 Å². The van der Waals surface area contributed by atoms with Gasteiger partial charge in [-0.2, -0.15) is 0 Å². The van der Waals surface area contributed by atoms with Gasteiger partial charge in [0.05, 0.1) is 30.1 Å². The van der Waals surface area contributed by atoms with Gasteiger partial charge < -0.3 is 14.8 Å². The highest BCUT2D eigenvalue weighted by Crippen LogP contribution is 2.38. The fraction of sp³-hybridized carbons (Fsp3) is 0.286. The van der Waals surface area contributed by atoms with Crippen LogP contribution in [0.25, 0.3) is 15.7 Å². The first-order valence-corrected chi connectivity index (χ1v) is 13.0. The minimum Gasteiger partial charge on any atom is -0.504 e. The molecule has 4 aromatic rings. The number of Topliss-reactive ketones (excluding diaryl/α,β-unsaturated/α-hetero) is 1. The van der Waals surface area contributed by atoms with Crippen LogP contribution in [0.15, 0.2) is 54.2 Å². The van der Waals surface area contributed by atoms with E-state index in [0.29, 0.717) is 51.2 Å². The van der Waals surface area contributed by atoms with E-state index in [0.717, 1.165) is 25.9 Å². The molecule has 1 aliphatic rings. The molecule has 0 amide bonds. The summed E-state index contributed by atoms with van der Waals surface area (Å²) in [6.45, 7) is 10.2. The van der Waals surface area contributed by atoms with Crippen LogP contribution in [0.1, 0.15) is 23.4 Å². The molecule has 3 heterocycles. The third-order valence-corrected chi connectivity index (χ3v) is 7.09. The molecule has 0 radical (unpaired) electrons. The predicted molar refractivity (Wildman–Crippen MR) is 140 cm³/mol. The number of thiazole rings is 1. The van der Waals surface area contributed by atoms with Gasteiger partial charge in [-0.25, -0.2) is 14.2 Å². The van der Waals surface area contributed by atoms with E-state index in [1.165, 1.54) is 17.4 Å². The molecule has 2 aromatic heterocycles. The van der Waals surface area contributed by atoms with Crippen LogP contribution in [0.3, 0.4) is 0 Å². The second-order valence-corrected chi connectivity index (χ2v) is 9.91. The van der Waals surface area contributed by atoms with Crippen molar-refractivity contribution < 1.29 is 18.7 Å². The molecule has 7 nitrogen and oxygen atoms in total. The zero-order valence-corrected chi connectivity index (χ0v) is 20.9. The Hall–Kier alpha value is -3.87. The van der Waals surface area contributed by atoms with E-state index in [9.17, 15) is 9.18 Å². The second kappa shape index (κ2) is 11.5. The van der Waals surface area contributed by atoms with E-state index in [1.807, 2.05) is 5.38 Å². The van der Waals surface area contributed by atoms with Crippen molar-refractivity contribution in [2.24, 2.45) is 5.92 Å². The number of hydrogen-bond donors (Lipinski definition) is 1. The van der Waals surface area contributed by atoms with Gasteiger partial charge in [-0.15, -0.1) is 11.3 Å². The maximum absolute atomic E-state index is 14.8. The Morgan fingerprint density at radius 1 is 1.11 bits per heavy atom. The maximum atomic E-state index is 14.8. The van der Waals surface area contributed by atoms with Crippen LogP contribution in [0.4, 0.5) is 10.1 Å². The number of aromatic nitrogens is 2. The van der Waals surface area contributed by atoms with Gasteiger partial charge in [0.2, 0.25) is 5.69 Å². The van der Waals surface area contributed by atoms with Crippen LogP contribution < -0.4 is 14.8 Å². The van der Waals surface area contributed by atoms with Crippen LogP contribution in [-0.4, -0.2) is 35.4 Å². The fourth-order valence-electron chi connectivity index (χ4n) is 4.33. The second-order valence-electron chi connectivity index (χ2n) is 8.94. The van der Waals surface area contributed by atoms with E-state index in [1.54, 1.807) is 42.7 Å². The SMILES string of the molecule is [C-]#[N+]c1cc2c(Oc3ccc(CC(=O)Cc4nccs4)c(F)c3)ccnc2cc1OCC1CCNCC1. The van der Waals surface area contributed by atoms with E-state index in [-0.39, 0.29) is 24.4 Å². The molecule has 0 aliphatic carbocycles. The van der Waals surface area contributed by atoms with Crippen LogP contribution >= 0.6 is 11.3 Å². The van der Waals surface area contributed by atoms with Crippen molar-refractivity contribution in [1.29, 1.82) is 0 Å². The average Bonchev–Trinajstić information content (AvgIpc) is 3.42. The monoisotopic (exact) mass is 516 g/mol. The molecule has 9 heteroatoms. The van der Waals surface area contributed by atoms with Gasteiger partial charge in [0.15, 0.2) is 0 Å². The van der Waals surface area contributed by atoms with E-state index in [2.05, 4.69) is 20.1 Å². The minimum atomic E-state index is -0.515. The number of halogens is 1. The summed E-state index contributed by atoms with van der Waals surface area (Å²) in [6, 6.07) is 9.59. The first-order chi connectivity index (χ1) is 18.1. The number of rotatable bonds is 9. The molecule has 2 aromatic carbocycles. The molecular weight excluding hydrogens is 491 g/mol. The van der Waals surface area contributed by atoms with Crippen LogP contribution in [0.5, 0.6) is 17.2 Å². The van der Waals surface area contributed by atoms with Crippen molar-refractivity contribution >= 4 is 33.7 Å². The van der Waals surface area contributed by atoms with E-state index in [4.69, 9.17) is 16.0 Å². The highest BCUT2D eigenvalue weighted by Gasteiger charge is 2.17. The summed E-state index contributed by atoms with van der Waals surface area (Å²) >= 11 is 1.40. The van der Waals surface area contributed by atoms with Gasteiger partial charge in [-0.05, 0) is 61.7 Å². The third-order valence-electron chi connectivity index (χ3n) is 6.31. The average molecular weight is 517 g/mol. The number of piperidine rings is 1. The van der Waals surface area contributed by atoms with Gasteiger partial charge in [-0.3, -0.25) is 9.78 Å². The third kappa shape index (κ3) is 6.10. The lowest BCUT2D eigenvalue weighted by molar-refractivity contribution is -0.117. The summed E-state index contributed by atoms with van der Waals surface area (Å²) in [7, 11) is 0. The molecule has 37 heavy (non-hydrogen) atoms. The van der Waals surface area contributed by atoms with Crippen molar-refractivity contribution in [3.63, 3.8) is 0 Å². The Labute approximate surface area is 218 Å². The molecule has 1 fully saturated rings. The van der Waals surface area contributed by atoms with Crippen LogP contribution in [0.2, 0.25) is 0 Å². The first-order valence-electron chi connectivity index (χ1n) is 12.1. The first kappa shape index (κ1) is 24.8. The zero-order valence-electron chi connectivity index (χ0n) is 20.1. The molecule has 0 unspecified atom stereocenters. The predicted octanol–water partition coefficient (Wildman–Crippen LogP) is 5.91. The Bertz CT molecular complexity index is 1450. The standard InChI is InChI=1S/C28H25FN4O3S/c1-30-25-15-22-24(16-27(25)35-17-18-4-7-31-8-5-18)32-9-6-26(22)36-21-3-2-19(23(29)14-21)12-20(34)13-28-33-10-11-37-28/h2-3,6,9-11,14-16,18,31H,4-5,7-8,12-13,17H2. The topological polar surface area (TPSA) is 77.7 Å². The van der Waals surface area contributed by atoms with Crippen molar-refractivity contribution in [3.05, 3.63) is 82.0 Å². The number of ketones is 1. The Balaban J connectivity index is 1.31. The number of benzene rings is 2. The van der Waals surface area contributed by atoms with Gasteiger partial charge in [0.1, 0.15) is 28.8 Å². The van der Waals surface area contributed by atoms with Crippen LogP contribution in [-0.2, 0) is 17.6 Å². The molecule has 0 spiro atoms. The zero-order chi connectivity index (χ0) is 25.6. The Morgan fingerprint density at radius 2 is 1.97 bits per heavy atom. The van der Waals surface area contributed by atoms with Gasteiger partial charge in [0, 0.05) is 35.6 Å². The van der Waals surface area contributed by atoms with Gasteiger partial charge in [-0.1, -0.05) is 6.07 Å². The highest BCUT2D eigenvalue weighted by molar-refractivity contribution is 7.09. The number of hydrogen-bond acceptors (Lipinski definition) is 7. The van der Waals surface area contributed by atoms with Crippen LogP contribution in [0, 0.1) is 18.3 Å². The number of nitrogens with zero attached hydrogens (tertiary/aromatic N) is 3. The molecule has 1 aliphatic heterocycles. The molecule has 188 valence electrons. The van der Waals surface area contributed by atoms with E-state index >= 15 is 0 Å². The van der Waals surface area contributed by atoms with Gasteiger partial charge >= 0.3 is 0 Å². The summed E-state index contributed by atoms with van der Waals surface area (Å²) in [5.74, 6) is 1.08. The fourth-order valence-corrected chi connectivity index (χ4v) is 4.98. The lowest BCUT2D eigenvalue weighted by Gasteiger charge is -2.23. The number of ether oxygens (including phenoxy) is 2. The number of fused-ring (bicyclic) bond motifs is 1. The summed E-state index contributed by atoms with van der Waals surface area (Å²) in [5.41, 5.74) is 1.30. The molecule has 0 bridgehead atoms. The maximum Gasteiger partial charge on any atom is 0.229 e. The van der Waals surface area contributed by atoms with Crippen molar-refractivity contribution in [3.8, 4) is 17.2 Å². The quantitative estimate of drug-likeness (QED) is 0.279. The molecule has 1 saturated heterocycles. The number of carbonyl (C=O) groups is 1. The van der Waals surface area contributed by atoms with Crippen molar-refractivity contribution in [1.82, 2.24) is 15.3 Å². The smallest absolute Gasteiger partial charge is 0.229 e. The number of carbonyl (C=O) groups excluding carboxylic acids is 1. The molecule has 1 N–H and O–H groups in total. The lowest BCUT2D eigenvalue weighted by atomic mass is 9.99. The van der Waals surface area contributed by atoms with Crippen molar-refractivity contribution in [2.75, 3.05) is 19.7 Å². The normalized spacial score (nSPS) is 13.8. The number of pyridine rings is 1.